The monoisotopic (exact) mass is 956 g/mol. The van der Waals surface area contributed by atoms with Gasteiger partial charge in [-0.1, -0.05) is 71.1 Å². The zero-order valence-corrected chi connectivity index (χ0v) is 42.2. The second kappa shape index (κ2) is 27.0. The van der Waals surface area contributed by atoms with Gasteiger partial charge in [0.1, 0.15) is 30.1 Å². The Morgan fingerprint density at radius 2 is 1.60 bits per heavy atom. The van der Waals surface area contributed by atoms with Gasteiger partial charge in [0.2, 0.25) is 0 Å². The molecular weight excluding hydrogens is 875 g/mol. The summed E-state index contributed by atoms with van der Waals surface area (Å²) in [6.45, 7) is 12.8. The molecule has 4 rings (SSSR count). The van der Waals surface area contributed by atoms with Crippen molar-refractivity contribution in [2.45, 2.75) is 168 Å². The van der Waals surface area contributed by atoms with Crippen LogP contribution in [0.1, 0.15) is 119 Å². The van der Waals surface area contributed by atoms with Gasteiger partial charge in [-0.05, 0) is 107 Å². The summed E-state index contributed by atoms with van der Waals surface area (Å²) in [5.74, 6) is -7.90. The van der Waals surface area contributed by atoms with E-state index in [1.54, 1.807) is 40.0 Å². The molecule has 0 aromatic carbocycles. The molecule has 2 bridgehead atoms. The SMILES string of the molecule is COC1C=C2CC[C@@H](C)[C@@](O)(O2)C(=O)C(=O)N2CCCCC2C(=O)OC([C@@H](C)C[C@@H]2CCC(OCCO)[C@H](OC)C2)CC(=O)[C@H](C)/C=C(\C)[C@@H](O)C(OC)C(=O)[C@H](C)C[C@H](C)/C=C/C=CC=C1C. The number of ketones is 3. The predicted octanol–water partition coefficient (Wildman–Crippen LogP) is 6.32. The van der Waals surface area contributed by atoms with Crippen LogP contribution >= 0.6 is 0 Å². The number of piperidine rings is 1. The molecule has 0 spiro atoms. The highest BCUT2D eigenvalue weighted by Gasteiger charge is 2.53. The van der Waals surface area contributed by atoms with Crippen LogP contribution in [-0.4, -0.2) is 139 Å². The fraction of sp³-hybridized carbons (Fsp3) is 0.717. The number of Topliss-reactive ketones (excluding diaryl/α,β-unsaturated/α-hetero) is 3. The Hall–Kier alpha value is -3.83. The summed E-state index contributed by atoms with van der Waals surface area (Å²) < 4.78 is 35.3. The number of ether oxygens (including phenoxy) is 6. The molecule has 0 radical (unpaired) electrons. The number of carbonyl (C=O) groups is 5. The van der Waals surface area contributed by atoms with Gasteiger partial charge in [0.25, 0.3) is 17.5 Å². The Bertz CT molecular complexity index is 1870. The average molecular weight is 956 g/mol. The van der Waals surface area contributed by atoms with Crippen LogP contribution < -0.4 is 0 Å². The molecule has 1 saturated carbocycles. The summed E-state index contributed by atoms with van der Waals surface area (Å²) in [4.78, 5) is 72.0. The Morgan fingerprint density at radius 1 is 0.868 bits per heavy atom. The maximum absolute atomic E-state index is 14.4. The molecule has 3 heterocycles. The molecule has 3 aliphatic heterocycles. The number of aliphatic hydroxyl groups is 3. The van der Waals surface area contributed by atoms with Gasteiger partial charge in [0, 0.05) is 58.5 Å². The Labute approximate surface area is 404 Å². The number of methoxy groups -OCH3 is 3. The first kappa shape index (κ1) is 56.8. The number of aliphatic hydroxyl groups excluding tert-OH is 2. The van der Waals surface area contributed by atoms with Gasteiger partial charge in [-0.25, -0.2) is 4.79 Å². The van der Waals surface area contributed by atoms with Crippen LogP contribution in [0.15, 0.2) is 59.4 Å². The highest BCUT2D eigenvalue weighted by Crippen LogP contribution is 2.38. The van der Waals surface area contributed by atoms with Gasteiger partial charge >= 0.3 is 5.97 Å². The molecule has 68 heavy (non-hydrogen) atoms. The fourth-order valence-electron chi connectivity index (χ4n) is 10.1. The third kappa shape index (κ3) is 15.1. The first-order valence-electron chi connectivity index (χ1n) is 24.7. The lowest BCUT2D eigenvalue weighted by molar-refractivity contribution is -0.223. The van der Waals surface area contributed by atoms with Gasteiger partial charge in [0.05, 0.1) is 37.3 Å². The van der Waals surface area contributed by atoms with E-state index in [4.69, 9.17) is 28.4 Å². The minimum atomic E-state index is -2.50. The number of carbonyl (C=O) groups excluding carboxylic acids is 5. The van der Waals surface area contributed by atoms with Crippen molar-refractivity contribution in [3.05, 3.63) is 59.4 Å². The van der Waals surface area contributed by atoms with Gasteiger partial charge < -0.3 is 48.6 Å². The van der Waals surface area contributed by atoms with E-state index >= 15 is 0 Å². The lowest BCUT2D eigenvalue weighted by Crippen LogP contribution is -2.59. The molecule has 14 atom stereocenters. The van der Waals surface area contributed by atoms with Gasteiger partial charge in [-0.15, -0.1) is 0 Å². The van der Waals surface area contributed by atoms with Gasteiger partial charge in [-0.3, -0.25) is 19.2 Å². The second-order valence-electron chi connectivity index (χ2n) is 19.8. The summed E-state index contributed by atoms with van der Waals surface area (Å²) in [5, 5.41) is 32.7. The van der Waals surface area contributed by atoms with Crippen LogP contribution in [0.25, 0.3) is 0 Å². The molecule has 0 aromatic heterocycles. The molecule has 382 valence electrons. The minimum absolute atomic E-state index is 0.00629. The molecule has 0 aromatic rings. The van der Waals surface area contributed by atoms with E-state index in [1.807, 2.05) is 58.1 Å². The summed E-state index contributed by atoms with van der Waals surface area (Å²) >= 11 is 0. The molecule has 15 nitrogen and oxygen atoms in total. The number of amides is 1. The van der Waals surface area contributed by atoms with E-state index in [2.05, 4.69) is 0 Å². The number of hydrogen-bond acceptors (Lipinski definition) is 14. The normalized spacial score (nSPS) is 36.6. The Kier molecular flexibility index (Phi) is 22.5. The van der Waals surface area contributed by atoms with Crippen molar-refractivity contribution < 1.29 is 67.7 Å². The van der Waals surface area contributed by atoms with Crippen molar-refractivity contribution in [3.8, 4) is 0 Å². The van der Waals surface area contributed by atoms with E-state index < -0.39 is 71.7 Å². The number of rotatable bonds is 9. The van der Waals surface area contributed by atoms with E-state index in [1.165, 1.54) is 19.1 Å². The van der Waals surface area contributed by atoms with Crippen molar-refractivity contribution in [2.75, 3.05) is 41.1 Å². The van der Waals surface area contributed by atoms with Crippen LogP contribution in [0.4, 0.5) is 0 Å². The Balaban J connectivity index is 1.72. The van der Waals surface area contributed by atoms with E-state index in [9.17, 15) is 39.3 Å². The van der Waals surface area contributed by atoms with Crippen molar-refractivity contribution in [2.24, 2.45) is 35.5 Å². The van der Waals surface area contributed by atoms with Crippen molar-refractivity contribution >= 4 is 29.2 Å². The smallest absolute Gasteiger partial charge is 0.329 e. The largest absolute Gasteiger partial charge is 0.460 e. The fourth-order valence-corrected chi connectivity index (χ4v) is 10.1. The van der Waals surface area contributed by atoms with Gasteiger partial charge in [-0.2, -0.15) is 0 Å². The van der Waals surface area contributed by atoms with Crippen LogP contribution in [0.5, 0.6) is 0 Å². The number of cyclic esters (lactones) is 1. The average Bonchev–Trinajstić information content (AvgIpc) is 3.32. The molecular formula is C53H81NO14. The highest BCUT2D eigenvalue weighted by molar-refractivity contribution is 6.39. The summed E-state index contributed by atoms with van der Waals surface area (Å²) in [6, 6.07) is -1.16. The van der Waals surface area contributed by atoms with Crippen LogP contribution in [0.2, 0.25) is 0 Å². The number of allylic oxidation sites excluding steroid dienone is 7. The topological polar surface area (TPSA) is 205 Å². The summed E-state index contributed by atoms with van der Waals surface area (Å²) in [6.07, 6.45) is 13.4. The summed E-state index contributed by atoms with van der Waals surface area (Å²) in [5.41, 5.74) is 1.18. The molecule has 1 amide bonds. The molecule has 3 fully saturated rings. The number of esters is 1. The lowest BCUT2D eigenvalue weighted by atomic mass is 9.78. The molecule has 1 aliphatic carbocycles. The maximum atomic E-state index is 14.4. The lowest BCUT2D eigenvalue weighted by Gasteiger charge is -2.41. The zero-order chi connectivity index (χ0) is 50.3. The van der Waals surface area contributed by atoms with E-state index in [-0.39, 0.29) is 74.1 Å². The van der Waals surface area contributed by atoms with Crippen LogP contribution in [-0.2, 0) is 52.4 Å². The third-order valence-electron chi connectivity index (χ3n) is 14.5. The second-order valence-corrected chi connectivity index (χ2v) is 19.8. The maximum Gasteiger partial charge on any atom is 0.329 e. The summed E-state index contributed by atoms with van der Waals surface area (Å²) in [7, 11) is 4.53. The third-order valence-corrected chi connectivity index (χ3v) is 14.5. The molecule has 15 heteroatoms. The number of fused-ring (bicyclic) bond motifs is 3. The van der Waals surface area contributed by atoms with Crippen LogP contribution in [0.3, 0.4) is 0 Å². The number of hydrogen-bond donors (Lipinski definition) is 3. The van der Waals surface area contributed by atoms with Gasteiger partial charge in [0.15, 0.2) is 5.78 Å². The van der Waals surface area contributed by atoms with E-state index in [0.29, 0.717) is 62.7 Å². The predicted molar refractivity (Wildman–Crippen MR) is 256 cm³/mol. The van der Waals surface area contributed by atoms with Crippen molar-refractivity contribution in [3.63, 3.8) is 0 Å². The zero-order valence-electron chi connectivity index (χ0n) is 42.2. The first-order valence-corrected chi connectivity index (χ1v) is 24.7. The quantitative estimate of drug-likeness (QED) is 0.132. The number of nitrogens with zero attached hydrogens (tertiary/aromatic N) is 1. The Morgan fingerprint density at radius 3 is 2.28 bits per heavy atom. The molecule has 4 aliphatic rings. The van der Waals surface area contributed by atoms with Crippen LogP contribution in [0, 0.1) is 35.5 Å². The standard InChI is InChI=1S/C53H81NO14/c1-32-16-12-11-13-17-33(2)44(63-8)30-40-21-19-38(7)53(62,68-40)50(59)51(60)54-23-15-14-18-41(54)52(61)67-45(35(4)28-39-20-22-43(66-25-24-55)46(29-39)64-9)31-42(56)34(3)27-37(6)48(58)49(65-10)47(57)36(5)26-32/h11-13,16-17,27,30,32,34-36,38-39,41,43-46,48-49,55,58,62H,14-15,18-26,28-29,31H2,1-10H3/b13-11?,16-12+,33-17?,37-27+,40-30?/t32-,34-,35+,36-,38-,39+,41?,43?,44?,45?,46-,48-,49?,53-/m1/s1. The first-order chi connectivity index (χ1) is 32.3. The highest BCUT2D eigenvalue weighted by atomic mass is 16.6. The minimum Gasteiger partial charge on any atom is -0.460 e. The molecule has 2 saturated heterocycles. The van der Waals surface area contributed by atoms with Crippen molar-refractivity contribution in [1.29, 1.82) is 0 Å². The van der Waals surface area contributed by atoms with E-state index in [0.717, 1.165) is 12.0 Å². The molecule has 3 N–H and O–H groups in total. The molecule has 5 unspecified atom stereocenters. The van der Waals surface area contributed by atoms with Crippen molar-refractivity contribution in [1.82, 2.24) is 4.90 Å².